The Balaban J connectivity index is 2.28. The molecular weight excluding hydrogens is 273 g/mol. The molecule has 1 N–H and O–H groups in total. The SMILES string of the molecule is C=CCCCNc1ccc(I)cc1. The summed E-state index contributed by atoms with van der Waals surface area (Å²) in [7, 11) is 0. The molecule has 1 nitrogen and oxygen atoms in total. The molecule has 0 spiro atoms. The number of unbranched alkanes of at least 4 members (excludes halogenated alkanes) is 1. The van der Waals surface area contributed by atoms with Crippen LogP contribution < -0.4 is 5.32 Å². The summed E-state index contributed by atoms with van der Waals surface area (Å²) in [6.45, 7) is 4.71. The Labute approximate surface area is 93.4 Å². The summed E-state index contributed by atoms with van der Waals surface area (Å²) in [6, 6.07) is 8.43. The van der Waals surface area contributed by atoms with E-state index in [9.17, 15) is 0 Å². The molecule has 0 atom stereocenters. The Morgan fingerprint density at radius 1 is 1.31 bits per heavy atom. The lowest BCUT2D eigenvalue weighted by Crippen LogP contribution is -2.00. The Bertz CT molecular complexity index is 253. The van der Waals surface area contributed by atoms with E-state index < -0.39 is 0 Å². The fourth-order valence-electron chi connectivity index (χ4n) is 1.05. The summed E-state index contributed by atoms with van der Waals surface area (Å²) >= 11 is 2.31. The average molecular weight is 287 g/mol. The minimum atomic E-state index is 1.02. The standard InChI is InChI=1S/C11H14IN/c1-2-3-4-9-13-11-7-5-10(12)6-8-11/h2,5-8,13H,1,3-4,9H2. The minimum Gasteiger partial charge on any atom is -0.385 e. The summed E-state index contributed by atoms with van der Waals surface area (Å²) in [5.74, 6) is 0. The summed E-state index contributed by atoms with van der Waals surface area (Å²) in [6.07, 6.45) is 4.18. The van der Waals surface area contributed by atoms with Crippen LogP contribution >= 0.6 is 22.6 Å². The zero-order valence-corrected chi connectivity index (χ0v) is 9.75. The van der Waals surface area contributed by atoms with Crippen molar-refractivity contribution in [1.82, 2.24) is 0 Å². The molecule has 0 aliphatic carbocycles. The number of halogens is 1. The van der Waals surface area contributed by atoms with Gasteiger partial charge in [0.15, 0.2) is 0 Å². The van der Waals surface area contributed by atoms with Gasteiger partial charge in [-0.05, 0) is 59.7 Å². The number of nitrogens with one attached hydrogen (secondary N) is 1. The predicted octanol–water partition coefficient (Wildman–Crippen LogP) is 3.67. The van der Waals surface area contributed by atoms with Crippen molar-refractivity contribution in [3.05, 3.63) is 40.5 Å². The fourth-order valence-corrected chi connectivity index (χ4v) is 1.41. The summed E-state index contributed by atoms with van der Waals surface area (Å²) in [5, 5.41) is 3.36. The second kappa shape index (κ2) is 6.02. The van der Waals surface area contributed by atoms with Gasteiger partial charge in [-0.1, -0.05) is 6.08 Å². The summed E-state index contributed by atoms with van der Waals surface area (Å²) in [4.78, 5) is 0. The quantitative estimate of drug-likeness (QED) is 0.495. The lowest BCUT2D eigenvalue weighted by atomic mass is 10.3. The van der Waals surface area contributed by atoms with Crippen LogP contribution in [-0.4, -0.2) is 6.54 Å². The number of rotatable bonds is 5. The molecule has 1 aromatic carbocycles. The van der Waals surface area contributed by atoms with Crippen molar-refractivity contribution >= 4 is 28.3 Å². The molecule has 0 aliphatic heterocycles. The molecule has 0 bridgehead atoms. The smallest absolute Gasteiger partial charge is 0.0340 e. The van der Waals surface area contributed by atoms with E-state index in [0.717, 1.165) is 19.4 Å². The van der Waals surface area contributed by atoms with Crippen molar-refractivity contribution < 1.29 is 0 Å². The van der Waals surface area contributed by atoms with E-state index in [1.807, 2.05) is 6.08 Å². The van der Waals surface area contributed by atoms with E-state index >= 15 is 0 Å². The first kappa shape index (κ1) is 10.6. The molecule has 0 unspecified atom stereocenters. The van der Waals surface area contributed by atoms with Gasteiger partial charge in [0.1, 0.15) is 0 Å². The molecule has 1 rings (SSSR count). The zero-order valence-electron chi connectivity index (χ0n) is 7.59. The topological polar surface area (TPSA) is 12.0 Å². The van der Waals surface area contributed by atoms with Crippen molar-refractivity contribution in [3.63, 3.8) is 0 Å². The highest BCUT2D eigenvalue weighted by molar-refractivity contribution is 14.1. The van der Waals surface area contributed by atoms with Gasteiger partial charge in [-0.3, -0.25) is 0 Å². The summed E-state index contributed by atoms with van der Waals surface area (Å²) < 4.78 is 1.27. The van der Waals surface area contributed by atoms with E-state index in [4.69, 9.17) is 0 Å². The van der Waals surface area contributed by atoms with E-state index in [2.05, 4.69) is 58.8 Å². The van der Waals surface area contributed by atoms with E-state index in [0.29, 0.717) is 0 Å². The van der Waals surface area contributed by atoms with Crippen LogP contribution in [0.3, 0.4) is 0 Å². The zero-order chi connectivity index (χ0) is 9.52. The number of anilines is 1. The third-order valence-corrected chi connectivity index (χ3v) is 2.48. The Morgan fingerprint density at radius 3 is 2.62 bits per heavy atom. The number of benzene rings is 1. The first-order valence-electron chi connectivity index (χ1n) is 4.43. The van der Waals surface area contributed by atoms with Crippen LogP contribution in [-0.2, 0) is 0 Å². The van der Waals surface area contributed by atoms with Crippen LogP contribution in [0.15, 0.2) is 36.9 Å². The molecule has 1 aromatic rings. The molecule has 0 radical (unpaired) electrons. The second-order valence-electron chi connectivity index (χ2n) is 2.86. The number of hydrogen-bond acceptors (Lipinski definition) is 1. The maximum atomic E-state index is 3.69. The maximum Gasteiger partial charge on any atom is 0.0340 e. The Morgan fingerprint density at radius 2 is 2.00 bits per heavy atom. The van der Waals surface area contributed by atoms with E-state index in [1.165, 1.54) is 9.26 Å². The molecule has 0 aliphatic rings. The normalized spacial score (nSPS) is 9.62. The Kier molecular flexibility index (Phi) is 4.90. The van der Waals surface area contributed by atoms with Crippen molar-refractivity contribution in [3.8, 4) is 0 Å². The minimum absolute atomic E-state index is 1.02. The van der Waals surface area contributed by atoms with Crippen LogP contribution in [0.25, 0.3) is 0 Å². The highest BCUT2D eigenvalue weighted by Crippen LogP contribution is 2.10. The monoisotopic (exact) mass is 287 g/mol. The lowest BCUT2D eigenvalue weighted by molar-refractivity contribution is 0.891. The number of hydrogen-bond donors (Lipinski definition) is 1. The number of allylic oxidation sites excluding steroid dienone is 1. The predicted molar refractivity (Wildman–Crippen MR) is 67.1 cm³/mol. The van der Waals surface area contributed by atoms with Crippen LogP contribution in [0.1, 0.15) is 12.8 Å². The fraction of sp³-hybridized carbons (Fsp3) is 0.273. The molecule has 0 heterocycles. The van der Waals surface area contributed by atoms with Gasteiger partial charge in [0.25, 0.3) is 0 Å². The molecule has 0 aromatic heterocycles. The molecule has 2 heteroatoms. The largest absolute Gasteiger partial charge is 0.385 e. The molecule has 0 saturated heterocycles. The lowest BCUT2D eigenvalue weighted by Gasteiger charge is -2.04. The van der Waals surface area contributed by atoms with Gasteiger partial charge < -0.3 is 5.32 Å². The first-order chi connectivity index (χ1) is 6.33. The van der Waals surface area contributed by atoms with Crippen LogP contribution in [0.5, 0.6) is 0 Å². The van der Waals surface area contributed by atoms with E-state index in [-0.39, 0.29) is 0 Å². The van der Waals surface area contributed by atoms with Gasteiger partial charge in [-0.15, -0.1) is 6.58 Å². The third kappa shape index (κ3) is 4.31. The molecule has 0 fully saturated rings. The molecule has 70 valence electrons. The van der Waals surface area contributed by atoms with Gasteiger partial charge >= 0.3 is 0 Å². The maximum absolute atomic E-state index is 3.69. The molecular formula is C11H14IN. The molecule has 0 saturated carbocycles. The van der Waals surface area contributed by atoms with Crippen LogP contribution in [0.2, 0.25) is 0 Å². The van der Waals surface area contributed by atoms with Crippen molar-refractivity contribution in [2.75, 3.05) is 11.9 Å². The van der Waals surface area contributed by atoms with Crippen molar-refractivity contribution in [2.24, 2.45) is 0 Å². The second-order valence-corrected chi connectivity index (χ2v) is 4.11. The van der Waals surface area contributed by atoms with E-state index in [1.54, 1.807) is 0 Å². The van der Waals surface area contributed by atoms with Gasteiger partial charge in [0.2, 0.25) is 0 Å². The van der Waals surface area contributed by atoms with Crippen LogP contribution in [0, 0.1) is 3.57 Å². The van der Waals surface area contributed by atoms with Crippen molar-refractivity contribution in [2.45, 2.75) is 12.8 Å². The third-order valence-electron chi connectivity index (χ3n) is 1.76. The van der Waals surface area contributed by atoms with Gasteiger partial charge in [0, 0.05) is 15.8 Å². The van der Waals surface area contributed by atoms with Crippen LogP contribution in [0.4, 0.5) is 5.69 Å². The average Bonchev–Trinajstić information content (AvgIpc) is 2.15. The highest BCUT2D eigenvalue weighted by atomic mass is 127. The Hall–Kier alpha value is -0.510. The van der Waals surface area contributed by atoms with Gasteiger partial charge in [-0.2, -0.15) is 0 Å². The molecule has 13 heavy (non-hydrogen) atoms. The van der Waals surface area contributed by atoms with Gasteiger partial charge in [-0.25, -0.2) is 0 Å². The highest BCUT2D eigenvalue weighted by Gasteiger charge is 1.90. The first-order valence-corrected chi connectivity index (χ1v) is 5.51. The molecule has 0 amide bonds. The van der Waals surface area contributed by atoms with Crippen molar-refractivity contribution in [1.29, 1.82) is 0 Å². The summed E-state index contributed by atoms with van der Waals surface area (Å²) in [5.41, 5.74) is 1.20. The van der Waals surface area contributed by atoms with Gasteiger partial charge in [0.05, 0.1) is 0 Å².